The van der Waals surface area contributed by atoms with Gasteiger partial charge in [0.15, 0.2) is 0 Å². The fourth-order valence-electron chi connectivity index (χ4n) is 1.78. The van der Waals surface area contributed by atoms with Gasteiger partial charge in [0, 0.05) is 29.4 Å². The van der Waals surface area contributed by atoms with Gasteiger partial charge < -0.3 is 15.8 Å². The average Bonchev–Trinajstić information content (AvgIpc) is 2.46. The van der Waals surface area contributed by atoms with E-state index in [1.165, 1.54) is 13.2 Å². The number of rotatable bonds is 5. The van der Waals surface area contributed by atoms with E-state index in [1.54, 1.807) is 36.4 Å². The molecule has 5 heteroatoms. The standard InChI is InChI=1S/C15H15FN2O2/c1-20-13-6-5-11(14(16)8-13)9-18-12-4-2-3-10(7-12)15(17)19/h2-8,18H,9H2,1H3,(H2,17,19). The van der Waals surface area contributed by atoms with E-state index in [1.807, 2.05) is 0 Å². The predicted molar refractivity (Wildman–Crippen MR) is 75.2 cm³/mol. The number of hydrogen-bond acceptors (Lipinski definition) is 3. The molecule has 3 N–H and O–H groups in total. The van der Waals surface area contributed by atoms with Crippen LogP contribution in [0.25, 0.3) is 0 Å². The van der Waals surface area contributed by atoms with E-state index in [2.05, 4.69) is 5.32 Å². The summed E-state index contributed by atoms with van der Waals surface area (Å²) in [6.45, 7) is 0.304. The van der Waals surface area contributed by atoms with Gasteiger partial charge in [0.05, 0.1) is 7.11 Å². The molecule has 0 aliphatic rings. The van der Waals surface area contributed by atoms with Crippen LogP contribution in [0.15, 0.2) is 42.5 Å². The van der Waals surface area contributed by atoms with Crippen molar-refractivity contribution < 1.29 is 13.9 Å². The number of nitrogens with two attached hydrogens (primary N) is 1. The molecule has 1 amide bonds. The smallest absolute Gasteiger partial charge is 0.248 e. The van der Waals surface area contributed by atoms with Gasteiger partial charge in [0.25, 0.3) is 0 Å². The number of halogens is 1. The van der Waals surface area contributed by atoms with Crippen molar-refractivity contribution in [2.45, 2.75) is 6.54 Å². The molecule has 2 aromatic rings. The molecule has 0 aliphatic heterocycles. The molecule has 0 unspecified atom stereocenters. The molecule has 0 aliphatic carbocycles. The highest BCUT2D eigenvalue weighted by Crippen LogP contribution is 2.18. The van der Waals surface area contributed by atoms with E-state index in [9.17, 15) is 9.18 Å². The normalized spacial score (nSPS) is 10.1. The third-order valence-electron chi connectivity index (χ3n) is 2.89. The molecule has 104 valence electrons. The second-order valence-electron chi connectivity index (χ2n) is 4.26. The fourth-order valence-corrected chi connectivity index (χ4v) is 1.78. The maximum absolute atomic E-state index is 13.8. The van der Waals surface area contributed by atoms with Crippen LogP contribution in [0.4, 0.5) is 10.1 Å². The van der Waals surface area contributed by atoms with Crippen molar-refractivity contribution in [1.82, 2.24) is 0 Å². The molecular formula is C15H15FN2O2. The molecule has 0 radical (unpaired) electrons. The third-order valence-corrected chi connectivity index (χ3v) is 2.89. The number of ether oxygens (including phenoxy) is 1. The summed E-state index contributed by atoms with van der Waals surface area (Å²) in [6, 6.07) is 11.4. The summed E-state index contributed by atoms with van der Waals surface area (Å²) in [6.07, 6.45) is 0. The number of nitrogens with one attached hydrogen (secondary N) is 1. The first-order valence-corrected chi connectivity index (χ1v) is 6.06. The minimum Gasteiger partial charge on any atom is -0.497 e. The maximum Gasteiger partial charge on any atom is 0.248 e. The summed E-state index contributed by atoms with van der Waals surface area (Å²) in [5, 5.41) is 3.05. The van der Waals surface area contributed by atoms with Crippen LogP contribution in [-0.2, 0) is 6.54 Å². The lowest BCUT2D eigenvalue weighted by Crippen LogP contribution is -2.11. The molecule has 2 rings (SSSR count). The number of hydrogen-bond donors (Lipinski definition) is 2. The van der Waals surface area contributed by atoms with Gasteiger partial charge in [-0.3, -0.25) is 4.79 Å². The highest BCUT2D eigenvalue weighted by atomic mass is 19.1. The zero-order valence-corrected chi connectivity index (χ0v) is 11.0. The first-order chi connectivity index (χ1) is 9.60. The number of benzene rings is 2. The van der Waals surface area contributed by atoms with Gasteiger partial charge in [-0.1, -0.05) is 12.1 Å². The zero-order chi connectivity index (χ0) is 14.5. The van der Waals surface area contributed by atoms with Crippen molar-refractivity contribution >= 4 is 11.6 Å². The molecule has 20 heavy (non-hydrogen) atoms. The van der Waals surface area contributed by atoms with Crippen molar-refractivity contribution in [1.29, 1.82) is 0 Å². The van der Waals surface area contributed by atoms with E-state index in [4.69, 9.17) is 10.5 Å². The predicted octanol–water partition coefficient (Wildman–Crippen LogP) is 2.55. The Bertz CT molecular complexity index is 629. The van der Waals surface area contributed by atoms with Crippen molar-refractivity contribution in [3.05, 3.63) is 59.4 Å². The molecule has 0 saturated carbocycles. The van der Waals surface area contributed by atoms with Crippen LogP contribution in [-0.4, -0.2) is 13.0 Å². The quantitative estimate of drug-likeness (QED) is 0.880. The van der Waals surface area contributed by atoms with E-state index in [0.717, 1.165) is 0 Å². The Morgan fingerprint density at radius 2 is 2.10 bits per heavy atom. The van der Waals surface area contributed by atoms with Crippen LogP contribution >= 0.6 is 0 Å². The topological polar surface area (TPSA) is 64.3 Å². The lowest BCUT2D eigenvalue weighted by molar-refractivity contribution is 0.100. The van der Waals surface area contributed by atoms with Gasteiger partial charge in [-0.25, -0.2) is 4.39 Å². The molecule has 0 heterocycles. The number of amides is 1. The van der Waals surface area contributed by atoms with E-state index >= 15 is 0 Å². The van der Waals surface area contributed by atoms with Crippen molar-refractivity contribution in [2.24, 2.45) is 5.73 Å². The molecule has 4 nitrogen and oxygen atoms in total. The zero-order valence-electron chi connectivity index (χ0n) is 11.0. The lowest BCUT2D eigenvalue weighted by Gasteiger charge is -2.09. The van der Waals surface area contributed by atoms with E-state index in [0.29, 0.717) is 29.1 Å². The van der Waals surface area contributed by atoms with Crippen LogP contribution in [0.2, 0.25) is 0 Å². The number of primary amides is 1. The Kier molecular flexibility index (Phi) is 4.20. The summed E-state index contributed by atoms with van der Waals surface area (Å²) >= 11 is 0. The summed E-state index contributed by atoms with van der Waals surface area (Å²) in [7, 11) is 1.49. The van der Waals surface area contributed by atoms with Crippen LogP contribution < -0.4 is 15.8 Å². The molecule has 0 spiro atoms. The minimum atomic E-state index is -0.496. The van der Waals surface area contributed by atoms with Gasteiger partial charge in [0.2, 0.25) is 5.91 Å². The number of carbonyl (C=O) groups is 1. The van der Waals surface area contributed by atoms with Crippen LogP contribution in [0.3, 0.4) is 0 Å². The van der Waals surface area contributed by atoms with Crippen LogP contribution in [0, 0.1) is 5.82 Å². The average molecular weight is 274 g/mol. The largest absolute Gasteiger partial charge is 0.497 e. The second kappa shape index (κ2) is 6.06. The third kappa shape index (κ3) is 3.26. The first kappa shape index (κ1) is 13.9. The first-order valence-electron chi connectivity index (χ1n) is 6.06. The van der Waals surface area contributed by atoms with Crippen molar-refractivity contribution in [2.75, 3.05) is 12.4 Å². The van der Waals surface area contributed by atoms with Gasteiger partial charge in [0.1, 0.15) is 11.6 Å². The van der Waals surface area contributed by atoms with Crippen LogP contribution in [0.5, 0.6) is 5.75 Å². The molecule has 0 aromatic heterocycles. The summed E-state index contributed by atoms with van der Waals surface area (Å²) in [5.74, 6) is -0.367. The monoisotopic (exact) mass is 274 g/mol. The number of carbonyl (C=O) groups excluding carboxylic acids is 1. The van der Waals surface area contributed by atoms with Gasteiger partial charge in [-0.15, -0.1) is 0 Å². The maximum atomic E-state index is 13.8. The van der Waals surface area contributed by atoms with Crippen LogP contribution in [0.1, 0.15) is 15.9 Å². The number of anilines is 1. The Morgan fingerprint density at radius 1 is 1.30 bits per heavy atom. The Hall–Kier alpha value is -2.56. The van der Waals surface area contributed by atoms with E-state index in [-0.39, 0.29) is 5.82 Å². The van der Waals surface area contributed by atoms with Gasteiger partial charge in [-0.05, 0) is 24.3 Å². The van der Waals surface area contributed by atoms with Crippen molar-refractivity contribution in [3.63, 3.8) is 0 Å². The van der Waals surface area contributed by atoms with Gasteiger partial charge >= 0.3 is 0 Å². The molecule has 0 bridgehead atoms. The molecule has 0 saturated heterocycles. The summed E-state index contributed by atoms with van der Waals surface area (Å²) < 4.78 is 18.7. The summed E-state index contributed by atoms with van der Waals surface area (Å²) in [4.78, 5) is 11.1. The Balaban J connectivity index is 2.09. The highest BCUT2D eigenvalue weighted by Gasteiger charge is 2.05. The number of methoxy groups -OCH3 is 1. The molecule has 0 atom stereocenters. The lowest BCUT2D eigenvalue weighted by atomic mass is 10.1. The molecule has 2 aromatic carbocycles. The Morgan fingerprint density at radius 3 is 2.75 bits per heavy atom. The molecule has 0 fully saturated rings. The Labute approximate surface area is 116 Å². The summed E-state index contributed by atoms with van der Waals surface area (Å²) in [5.41, 5.74) is 6.83. The minimum absolute atomic E-state index is 0.304. The molecular weight excluding hydrogens is 259 g/mol. The van der Waals surface area contributed by atoms with Gasteiger partial charge in [-0.2, -0.15) is 0 Å². The SMILES string of the molecule is COc1ccc(CNc2cccc(C(N)=O)c2)c(F)c1. The fraction of sp³-hybridized carbons (Fsp3) is 0.133. The second-order valence-corrected chi connectivity index (χ2v) is 4.26. The van der Waals surface area contributed by atoms with Crippen molar-refractivity contribution in [3.8, 4) is 5.75 Å². The van der Waals surface area contributed by atoms with E-state index < -0.39 is 5.91 Å². The highest BCUT2D eigenvalue weighted by molar-refractivity contribution is 5.93.